The monoisotopic (exact) mass is 526 g/mol. The Bertz CT molecular complexity index is 1030. The number of amides is 1. The summed E-state index contributed by atoms with van der Waals surface area (Å²) < 4.78 is 28.0. The number of piperidine rings is 1. The number of halogens is 2. The summed E-state index contributed by atoms with van der Waals surface area (Å²) in [6.07, 6.45) is 4.87. The Morgan fingerprint density at radius 3 is 2.26 bits per heavy atom. The molecule has 3 heterocycles. The summed E-state index contributed by atoms with van der Waals surface area (Å²) in [5, 5.41) is 0.621. The van der Waals surface area contributed by atoms with Gasteiger partial charge in [0.05, 0.1) is 15.6 Å². The fourth-order valence-corrected chi connectivity index (χ4v) is 6.08. The van der Waals surface area contributed by atoms with Gasteiger partial charge in [-0.05, 0) is 43.2 Å². The van der Waals surface area contributed by atoms with Gasteiger partial charge in [-0.3, -0.25) is 9.78 Å². The molecule has 31 heavy (non-hydrogen) atoms. The van der Waals surface area contributed by atoms with Crippen LogP contribution in [-0.4, -0.2) is 67.8 Å². The number of nitrogens with zero attached hydrogens (tertiary/aromatic N) is 4. The first-order valence-corrected chi connectivity index (χ1v) is 12.9. The van der Waals surface area contributed by atoms with Crippen LogP contribution in [0.15, 0.2) is 52.1 Å². The fraction of sp³-hybridized carbons (Fsp3) is 0.429. The summed E-state index contributed by atoms with van der Waals surface area (Å²) in [7, 11) is -3.54. The third-order valence-electron chi connectivity index (χ3n) is 5.94. The van der Waals surface area contributed by atoms with E-state index < -0.39 is 10.0 Å². The summed E-state index contributed by atoms with van der Waals surface area (Å²) in [4.78, 5) is 21.3. The van der Waals surface area contributed by atoms with Crippen molar-refractivity contribution >= 4 is 49.1 Å². The highest BCUT2D eigenvalue weighted by molar-refractivity contribution is 9.10. The first kappa shape index (κ1) is 22.5. The number of benzene rings is 1. The molecule has 0 saturated carbocycles. The topological polar surface area (TPSA) is 73.8 Å². The predicted octanol–water partition coefficient (Wildman–Crippen LogP) is 3.25. The van der Waals surface area contributed by atoms with Crippen LogP contribution in [-0.2, 0) is 14.8 Å². The number of aromatic nitrogens is 1. The molecule has 0 N–H and O–H groups in total. The molecule has 2 aliphatic heterocycles. The zero-order valence-electron chi connectivity index (χ0n) is 17.0. The van der Waals surface area contributed by atoms with Gasteiger partial charge in [-0.2, -0.15) is 4.31 Å². The fourth-order valence-electron chi connectivity index (χ4n) is 4.15. The van der Waals surface area contributed by atoms with Crippen LogP contribution >= 0.6 is 27.5 Å². The molecule has 0 unspecified atom stereocenters. The van der Waals surface area contributed by atoms with E-state index in [1.54, 1.807) is 36.7 Å². The van der Waals surface area contributed by atoms with Crippen molar-refractivity contribution in [3.63, 3.8) is 0 Å². The molecular formula is C21H24BrClN4O3S. The molecule has 2 aliphatic rings. The lowest BCUT2D eigenvalue weighted by Gasteiger charge is -2.38. The number of piperazine rings is 1. The molecule has 1 aromatic heterocycles. The molecule has 0 atom stereocenters. The Kier molecular flexibility index (Phi) is 6.86. The summed E-state index contributed by atoms with van der Waals surface area (Å²) >= 11 is 9.57. The van der Waals surface area contributed by atoms with Crippen LogP contribution < -0.4 is 4.90 Å². The number of carbonyl (C=O) groups excluding carboxylic acids is 1. The molecule has 0 bridgehead atoms. The van der Waals surface area contributed by atoms with E-state index in [2.05, 4.69) is 25.8 Å². The Morgan fingerprint density at radius 2 is 1.65 bits per heavy atom. The van der Waals surface area contributed by atoms with Crippen LogP contribution in [0, 0.1) is 5.92 Å². The molecule has 0 spiro atoms. The minimum atomic E-state index is -3.54. The number of hydrogen-bond donors (Lipinski definition) is 0. The van der Waals surface area contributed by atoms with Gasteiger partial charge < -0.3 is 9.80 Å². The molecule has 10 heteroatoms. The van der Waals surface area contributed by atoms with E-state index in [9.17, 15) is 13.2 Å². The average Bonchev–Trinajstić information content (AvgIpc) is 2.79. The van der Waals surface area contributed by atoms with Crippen molar-refractivity contribution in [2.45, 2.75) is 17.7 Å². The van der Waals surface area contributed by atoms with Gasteiger partial charge in [0.1, 0.15) is 0 Å². The van der Waals surface area contributed by atoms with E-state index in [-0.39, 0.29) is 16.7 Å². The van der Waals surface area contributed by atoms with Gasteiger partial charge in [-0.15, -0.1) is 0 Å². The highest BCUT2D eigenvalue weighted by Crippen LogP contribution is 2.30. The lowest BCUT2D eigenvalue weighted by molar-refractivity contribution is -0.137. The minimum absolute atomic E-state index is 0.0357. The van der Waals surface area contributed by atoms with Gasteiger partial charge in [0, 0.05) is 62.1 Å². The SMILES string of the molecule is O=C(C1CCN(c2ccncc2Cl)CC1)N1CCN(S(=O)(=O)c2ccc(Br)cc2)CC1. The quantitative estimate of drug-likeness (QED) is 0.610. The lowest BCUT2D eigenvalue weighted by Crippen LogP contribution is -2.52. The lowest BCUT2D eigenvalue weighted by atomic mass is 9.94. The van der Waals surface area contributed by atoms with E-state index in [1.165, 1.54) is 4.31 Å². The molecule has 2 fully saturated rings. The molecule has 0 radical (unpaired) electrons. The summed E-state index contributed by atoms with van der Waals surface area (Å²) in [6.45, 7) is 3.00. The number of anilines is 1. The number of pyridine rings is 1. The second-order valence-electron chi connectivity index (χ2n) is 7.77. The van der Waals surface area contributed by atoms with Gasteiger partial charge >= 0.3 is 0 Å². The largest absolute Gasteiger partial charge is 0.370 e. The third kappa shape index (κ3) is 4.89. The van der Waals surface area contributed by atoms with Crippen LogP contribution in [0.3, 0.4) is 0 Å². The summed E-state index contributed by atoms with van der Waals surface area (Å²) in [6, 6.07) is 8.53. The third-order valence-corrected chi connectivity index (χ3v) is 8.67. The number of sulfonamides is 1. The second kappa shape index (κ2) is 9.44. The Labute approximate surface area is 196 Å². The summed E-state index contributed by atoms with van der Waals surface area (Å²) in [5.41, 5.74) is 0.953. The van der Waals surface area contributed by atoms with Crippen molar-refractivity contribution in [1.29, 1.82) is 0 Å². The van der Waals surface area contributed by atoms with Crippen molar-refractivity contribution < 1.29 is 13.2 Å². The van der Waals surface area contributed by atoms with Crippen molar-refractivity contribution in [1.82, 2.24) is 14.2 Å². The van der Waals surface area contributed by atoms with Crippen molar-refractivity contribution in [3.05, 3.63) is 52.2 Å². The van der Waals surface area contributed by atoms with E-state index in [4.69, 9.17) is 11.6 Å². The molecule has 4 rings (SSSR count). The van der Waals surface area contributed by atoms with Gasteiger partial charge in [0.15, 0.2) is 0 Å². The zero-order valence-corrected chi connectivity index (χ0v) is 20.1. The molecule has 0 aliphatic carbocycles. The van der Waals surface area contributed by atoms with Crippen molar-refractivity contribution in [2.75, 3.05) is 44.2 Å². The first-order valence-electron chi connectivity index (χ1n) is 10.3. The van der Waals surface area contributed by atoms with Gasteiger partial charge in [0.25, 0.3) is 0 Å². The summed E-state index contributed by atoms with van der Waals surface area (Å²) in [5.74, 6) is 0.0904. The smallest absolute Gasteiger partial charge is 0.243 e. The van der Waals surface area contributed by atoms with Gasteiger partial charge in [-0.1, -0.05) is 27.5 Å². The molecular weight excluding hydrogens is 504 g/mol. The zero-order chi connectivity index (χ0) is 22.0. The van der Waals surface area contributed by atoms with Crippen LogP contribution in [0.2, 0.25) is 5.02 Å². The predicted molar refractivity (Wildman–Crippen MR) is 124 cm³/mol. The molecule has 2 saturated heterocycles. The van der Waals surface area contributed by atoms with Crippen molar-refractivity contribution in [2.24, 2.45) is 5.92 Å². The maximum absolute atomic E-state index is 13.0. The maximum atomic E-state index is 13.0. The van der Waals surface area contributed by atoms with Gasteiger partial charge in [-0.25, -0.2) is 8.42 Å². The Hall–Kier alpha value is -1.68. The molecule has 1 aromatic carbocycles. The molecule has 2 aromatic rings. The normalized spacial score (nSPS) is 18.9. The molecule has 7 nitrogen and oxygen atoms in total. The maximum Gasteiger partial charge on any atom is 0.243 e. The van der Waals surface area contributed by atoms with Crippen LogP contribution in [0.1, 0.15) is 12.8 Å². The van der Waals surface area contributed by atoms with Crippen molar-refractivity contribution in [3.8, 4) is 0 Å². The first-order chi connectivity index (χ1) is 14.9. The Balaban J connectivity index is 1.32. The van der Waals surface area contributed by atoms with E-state index >= 15 is 0 Å². The van der Waals surface area contributed by atoms with E-state index in [0.29, 0.717) is 31.2 Å². The van der Waals surface area contributed by atoms with E-state index in [0.717, 1.165) is 36.1 Å². The highest BCUT2D eigenvalue weighted by atomic mass is 79.9. The average molecular weight is 528 g/mol. The van der Waals surface area contributed by atoms with Crippen LogP contribution in [0.25, 0.3) is 0 Å². The molecule has 1 amide bonds. The number of hydrogen-bond acceptors (Lipinski definition) is 5. The number of carbonyl (C=O) groups is 1. The van der Waals surface area contributed by atoms with E-state index in [1.807, 2.05) is 11.0 Å². The highest BCUT2D eigenvalue weighted by Gasteiger charge is 2.34. The number of rotatable bonds is 4. The second-order valence-corrected chi connectivity index (χ2v) is 11.0. The Morgan fingerprint density at radius 1 is 1.00 bits per heavy atom. The standard InChI is InChI=1S/C21H24BrClN4O3S/c22-17-1-3-18(4-2-17)31(29,30)27-13-11-26(12-14-27)21(28)16-6-9-25(10-7-16)20-5-8-24-15-19(20)23/h1-5,8,15-16H,6-7,9-14H2. The van der Waals surface area contributed by atoms with Crippen LogP contribution in [0.4, 0.5) is 5.69 Å². The molecule has 166 valence electrons. The van der Waals surface area contributed by atoms with Gasteiger partial charge in [0.2, 0.25) is 15.9 Å². The minimum Gasteiger partial charge on any atom is -0.370 e. The van der Waals surface area contributed by atoms with Crippen LogP contribution in [0.5, 0.6) is 0 Å².